The number of aryl methyl sites for hydroxylation is 2. The number of hydrogen-bond donors (Lipinski definition) is 0. The quantitative estimate of drug-likeness (QED) is 0.681. The van der Waals surface area contributed by atoms with E-state index >= 15 is 0 Å². The average Bonchev–Trinajstić information content (AvgIpc) is 2.60. The Morgan fingerprint density at radius 2 is 2.13 bits per heavy atom. The summed E-state index contributed by atoms with van der Waals surface area (Å²) in [4.78, 5) is 18.9. The maximum Gasteiger partial charge on any atom is 0.200 e. The Kier molecular flexibility index (Phi) is 2.29. The second kappa shape index (κ2) is 3.61. The molecule has 2 heterocycles. The van der Waals surface area contributed by atoms with Crippen molar-refractivity contribution in [1.82, 2.24) is 19.7 Å². The second-order valence-electron chi connectivity index (χ2n) is 3.20. The van der Waals surface area contributed by atoms with Crippen molar-refractivity contribution in [2.24, 2.45) is 7.05 Å². The Bertz CT molecular complexity index is 504. The third-order valence-corrected chi connectivity index (χ3v) is 2.02. The molecule has 0 amide bonds. The summed E-state index contributed by atoms with van der Waals surface area (Å²) in [7, 11) is 1.68. The number of carbonyl (C=O) groups is 1. The van der Waals surface area contributed by atoms with Crippen LogP contribution in [-0.2, 0) is 7.05 Å². The summed E-state index contributed by atoms with van der Waals surface area (Å²) >= 11 is 0. The maximum atomic E-state index is 10.6. The zero-order chi connectivity index (χ0) is 10.8. The Morgan fingerprint density at radius 1 is 1.33 bits per heavy atom. The summed E-state index contributed by atoms with van der Waals surface area (Å²) in [6.07, 6.45) is 0.673. The van der Waals surface area contributed by atoms with E-state index in [4.69, 9.17) is 0 Å². The van der Waals surface area contributed by atoms with Crippen molar-refractivity contribution in [3.63, 3.8) is 0 Å². The summed E-state index contributed by atoms with van der Waals surface area (Å²) in [6, 6.07) is 5.60. The Labute approximate surface area is 86.8 Å². The normalized spacial score (nSPS) is 10.3. The molecule has 76 valence electrons. The van der Waals surface area contributed by atoms with E-state index in [1.165, 1.54) is 4.68 Å². The lowest BCUT2D eigenvalue weighted by Gasteiger charge is -1.94. The molecule has 0 unspecified atom stereocenters. The molecule has 0 aliphatic heterocycles. The Balaban J connectivity index is 2.49. The standard InChI is InChI=1S/C10H10N4O/c1-7-4-3-5-8(11-7)10-12-9(6-15)14(2)13-10/h3-6H,1-2H3. The number of aldehydes is 1. The third kappa shape index (κ3) is 1.76. The number of rotatable bonds is 2. The monoisotopic (exact) mass is 202 g/mol. The lowest BCUT2D eigenvalue weighted by molar-refractivity contribution is 0.111. The molecule has 0 fully saturated rings. The van der Waals surface area contributed by atoms with Crippen LogP contribution in [0.1, 0.15) is 16.3 Å². The maximum absolute atomic E-state index is 10.6. The second-order valence-corrected chi connectivity index (χ2v) is 3.20. The predicted octanol–water partition coefficient (Wildman–Crippen LogP) is 0.998. The minimum absolute atomic E-state index is 0.299. The topological polar surface area (TPSA) is 60.7 Å². The molecular weight excluding hydrogens is 192 g/mol. The molecule has 5 heteroatoms. The zero-order valence-corrected chi connectivity index (χ0v) is 8.51. The first-order chi connectivity index (χ1) is 7.20. The van der Waals surface area contributed by atoms with Gasteiger partial charge in [-0.05, 0) is 19.1 Å². The highest BCUT2D eigenvalue weighted by Crippen LogP contribution is 2.12. The predicted molar refractivity (Wildman–Crippen MR) is 54.4 cm³/mol. The van der Waals surface area contributed by atoms with Crippen molar-refractivity contribution in [3.05, 3.63) is 29.7 Å². The van der Waals surface area contributed by atoms with Gasteiger partial charge >= 0.3 is 0 Å². The molecule has 2 aromatic heterocycles. The molecule has 0 N–H and O–H groups in total. The lowest BCUT2D eigenvalue weighted by Crippen LogP contribution is -1.96. The van der Waals surface area contributed by atoms with Crippen LogP contribution in [0.5, 0.6) is 0 Å². The molecule has 0 saturated carbocycles. The van der Waals surface area contributed by atoms with Gasteiger partial charge in [0.25, 0.3) is 0 Å². The third-order valence-electron chi connectivity index (χ3n) is 2.02. The summed E-state index contributed by atoms with van der Waals surface area (Å²) in [5.41, 5.74) is 1.58. The van der Waals surface area contributed by atoms with Gasteiger partial charge in [0.2, 0.25) is 0 Å². The largest absolute Gasteiger partial charge is 0.294 e. The SMILES string of the molecule is Cc1cccc(-c2nc(C=O)n(C)n2)n1. The van der Waals surface area contributed by atoms with Crippen LogP contribution in [0.15, 0.2) is 18.2 Å². The first-order valence-electron chi connectivity index (χ1n) is 4.51. The van der Waals surface area contributed by atoms with Crippen LogP contribution in [0.25, 0.3) is 11.5 Å². The van der Waals surface area contributed by atoms with Crippen LogP contribution in [0.3, 0.4) is 0 Å². The van der Waals surface area contributed by atoms with Crippen LogP contribution in [-0.4, -0.2) is 26.0 Å². The van der Waals surface area contributed by atoms with Crippen molar-refractivity contribution in [3.8, 4) is 11.5 Å². The molecule has 0 aromatic carbocycles. The fraction of sp³-hybridized carbons (Fsp3) is 0.200. The molecule has 0 bridgehead atoms. The molecule has 0 atom stereocenters. The van der Waals surface area contributed by atoms with E-state index in [0.717, 1.165) is 5.69 Å². The summed E-state index contributed by atoms with van der Waals surface area (Å²) in [5, 5.41) is 4.10. The van der Waals surface area contributed by atoms with Crippen molar-refractivity contribution in [2.45, 2.75) is 6.92 Å². The fourth-order valence-corrected chi connectivity index (χ4v) is 1.28. The van der Waals surface area contributed by atoms with Gasteiger partial charge in [0.15, 0.2) is 17.9 Å². The van der Waals surface area contributed by atoms with Gasteiger partial charge in [0.05, 0.1) is 0 Å². The van der Waals surface area contributed by atoms with E-state index in [0.29, 0.717) is 23.6 Å². The van der Waals surface area contributed by atoms with Gasteiger partial charge in [-0.1, -0.05) is 6.07 Å². The first-order valence-corrected chi connectivity index (χ1v) is 4.51. The van der Waals surface area contributed by atoms with Gasteiger partial charge in [0, 0.05) is 12.7 Å². The minimum atomic E-state index is 0.299. The highest BCUT2D eigenvalue weighted by molar-refractivity contribution is 5.70. The van der Waals surface area contributed by atoms with Crippen LogP contribution in [0.2, 0.25) is 0 Å². The van der Waals surface area contributed by atoms with Gasteiger partial charge in [-0.25, -0.2) is 14.6 Å². The summed E-state index contributed by atoms with van der Waals surface area (Å²) in [5.74, 6) is 0.775. The molecule has 2 aromatic rings. The van der Waals surface area contributed by atoms with E-state index in [1.54, 1.807) is 7.05 Å². The molecule has 0 spiro atoms. The van der Waals surface area contributed by atoms with Gasteiger partial charge < -0.3 is 0 Å². The van der Waals surface area contributed by atoms with E-state index in [9.17, 15) is 4.79 Å². The molecule has 2 rings (SSSR count). The molecular formula is C10H10N4O. The molecule has 0 aliphatic carbocycles. The van der Waals surface area contributed by atoms with Crippen molar-refractivity contribution < 1.29 is 4.79 Å². The van der Waals surface area contributed by atoms with Crippen LogP contribution in [0, 0.1) is 6.92 Å². The molecule has 0 aliphatic rings. The number of pyridine rings is 1. The van der Waals surface area contributed by atoms with E-state index < -0.39 is 0 Å². The number of aromatic nitrogens is 4. The molecule has 15 heavy (non-hydrogen) atoms. The average molecular weight is 202 g/mol. The highest BCUT2D eigenvalue weighted by Gasteiger charge is 2.09. The van der Waals surface area contributed by atoms with Gasteiger partial charge in [-0.15, -0.1) is 5.10 Å². The summed E-state index contributed by atoms with van der Waals surface area (Å²) in [6.45, 7) is 1.90. The zero-order valence-electron chi connectivity index (χ0n) is 8.51. The number of nitrogens with zero attached hydrogens (tertiary/aromatic N) is 4. The highest BCUT2D eigenvalue weighted by atomic mass is 16.1. The lowest BCUT2D eigenvalue weighted by atomic mass is 10.3. The Morgan fingerprint density at radius 3 is 2.73 bits per heavy atom. The van der Waals surface area contributed by atoms with E-state index in [1.807, 2.05) is 25.1 Å². The Hall–Kier alpha value is -2.04. The first kappa shape index (κ1) is 9.51. The molecule has 0 saturated heterocycles. The van der Waals surface area contributed by atoms with Gasteiger partial charge in [0.1, 0.15) is 5.69 Å². The van der Waals surface area contributed by atoms with Crippen LogP contribution >= 0.6 is 0 Å². The number of hydrogen-bond acceptors (Lipinski definition) is 4. The smallest absolute Gasteiger partial charge is 0.200 e. The fourth-order valence-electron chi connectivity index (χ4n) is 1.28. The molecule has 5 nitrogen and oxygen atoms in total. The van der Waals surface area contributed by atoms with E-state index in [-0.39, 0.29) is 0 Å². The van der Waals surface area contributed by atoms with Crippen LogP contribution in [0.4, 0.5) is 0 Å². The van der Waals surface area contributed by atoms with Crippen molar-refractivity contribution >= 4 is 6.29 Å². The summed E-state index contributed by atoms with van der Waals surface area (Å²) < 4.78 is 1.44. The van der Waals surface area contributed by atoms with Crippen molar-refractivity contribution in [2.75, 3.05) is 0 Å². The van der Waals surface area contributed by atoms with Gasteiger partial charge in [-0.3, -0.25) is 4.79 Å². The van der Waals surface area contributed by atoms with E-state index in [2.05, 4.69) is 15.1 Å². The van der Waals surface area contributed by atoms with Crippen molar-refractivity contribution in [1.29, 1.82) is 0 Å². The number of carbonyl (C=O) groups excluding carboxylic acids is 1. The van der Waals surface area contributed by atoms with Crippen LogP contribution < -0.4 is 0 Å². The van der Waals surface area contributed by atoms with Gasteiger partial charge in [-0.2, -0.15) is 0 Å². The molecule has 0 radical (unpaired) electrons. The minimum Gasteiger partial charge on any atom is -0.294 e.